The molecule has 0 saturated heterocycles. The highest BCUT2D eigenvalue weighted by Crippen LogP contribution is 2.35. The van der Waals surface area contributed by atoms with Crippen LogP contribution in [-0.2, 0) is 9.59 Å². The fourth-order valence-corrected chi connectivity index (χ4v) is 3.36. The minimum atomic E-state index is -0.918. The zero-order chi connectivity index (χ0) is 20.6. The fraction of sp³-hybridized carbons (Fsp3) is 0.250. The van der Waals surface area contributed by atoms with Gasteiger partial charge in [-0.15, -0.1) is 0 Å². The number of amides is 2. The molecule has 2 aliphatic rings. The van der Waals surface area contributed by atoms with E-state index in [1.54, 1.807) is 13.8 Å². The molecule has 3 rings (SSSR count). The van der Waals surface area contributed by atoms with E-state index in [2.05, 4.69) is 16.0 Å². The first-order valence-electron chi connectivity index (χ1n) is 8.68. The summed E-state index contributed by atoms with van der Waals surface area (Å²) in [4.78, 5) is 25.2. The molecule has 2 amide bonds. The van der Waals surface area contributed by atoms with Crippen molar-refractivity contribution < 1.29 is 22.8 Å². The van der Waals surface area contributed by atoms with Crippen LogP contribution in [0, 0.1) is 23.6 Å². The van der Waals surface area contributed by atoms with Crippen molar-refractivity contribution in [2.24, 2.45) is 5.92 Å². The molecule has 2 aliphatic heterocycles. The molecule has 5 nitrogen and oxygen atoms in total. The Kier molecular flexibility index (Phi) is 5.31. The number of hydrogen-bond acceptors (Lipinski definition) is 3. The Morgan fingerprint density at radius 2 is 1.89 bits per heavy atom. The van der Waals surface area contributed by atoms with E-state index in [-0.39, 0.29) is 16.7 Å². The maximum absolute atomic E-state index is 14.2. The van der Waals surface area contributed by atoms with E-state index in [0.29, 0.717) is 11.6 Å². The van der Waals surface area contributed by atoms with Crippen molar-refractivity contribution in [3.05, 3.63) is 76.4 Å². The Morgan fingerprint density at radius 1 is 1.18 bits per heavy atom. The minimum absolute atomic E-state index is 0.117. The molecule has 0 spiro atoms. The summed E-state index contributed by atoms with van der Waals surface area (Å²) >= 11 is 0. The van der Waals surface area contributed by atoms with E-state index in [1.807, 2.05) is 0 Å². The van der Waals surface area contributed by atoms with Crippen molar-refractivity contribution in [3.8, 4) is 0 Å². The Labute approximate surface area is 160 Å². The third-order valence-corrected chi connectivity index (χ3v) is 4.83. The Morgan fingerprint density at radius 3 is 2.57 bits per heavy atom. The molecule has 3 N–H and O–H groups in total. The van der Waals surface area contributed by atoms with Gasteiger partial charge in [-0.05, 0) is 38.5 Å². The predicted octanol–water partition coefficient (Wildman–Crippen LogP) is 3.05. The molecule has 8 heteroatoms. The standard InChI is InChI=1S/C20H19F3N3O2/c1-9-16(20(28)26-15-6-7-24-18(23)17(9)15)10(2)19(27)25-11(3)13-5-4-12(21)8-14(13)22/h4-8,10-11,24H,1-3H3,(H,25,27)(H,26,28)/t10-,11+/m1/s1. The van der Waals surface area contributed by atoms with Gasteiger partial charge in [0, 0.05) is 29.0 Å². The van der Waals surface area contributed by atoms with Gasteiger partial charge in [-0.3, -0.25) is 9.59 Å². The Bertz CT molecular complexity index is 937. The van der Waals surface area contributed by atoms with Gasteiger partial charge in [0.15, 0.2) is 5.95 Å². The van der Waals surface area contributed by atoms with Crippen LogP contribution in [0.5, 0.6) is 0 Å². The van der Waals surface area contributed by atoms with Gasteiger partial charge in [0.2, 0.25) is 11.8 Å². The second-order valence-corrected chi connectivity index (χ2v) is 6.69. The normalized spacial score (nSPS) is 19.0. The number of carbonyl (C=O) groups excluding carboxylic acids is 2. The predicted molar refractivity (Wildman–Crippen MR) is 96.6 cm³/mol. The molecular formula is C20H19F3N3O2. The van der Waals surface area contributed by atoms with E-state index in [9.17, 15) is 22.8 Å². The lowest BCUT2D eigenvalue weighted by Gasteiger charge is -2.31. The van der Waals surface area contributed by atoms with Gasteiger partial charge < -0.3 is 16.0 Å². The highest BCUT2D eigenvalue weighted by molar-refractivity contribution is 6.04. The topological polar surface area (TPSA) is 70.2 Å². The summed E-state index contributed by atoms with van der Waals surface area (Å²) in [5.74, 6) is -4.08. The second-order valence-electron chi connectivity index (χ2n) is 6.69. The number of dihydropyridines is 1. The highest BCUT2D eigenvalue weighted by Gasteiger charge is 2.37. The first-order valence-corrected chi connectivity index (χ1v) is 8.68. The van der Waals surface area contributed by atoms with Crippen LogP contribution < -0.4 is 16.0 Å². The van der Waals surface area contributed by atoms with Gasteiger partial charge in [-0.2, -0.15) is 4.39 Å². The number of rotatable bonds is 4. The lowest BCUT2D eigenvalue weighted by atomic mass is 9.84. The molecule has 0 fully saturated rings. The molecule has 1 aromatic rings. The monoisotopic (exact) mass is 390 g/mol. The van der Waals surface area contributed by atoms with Crippen LogP contribution in [0.2, 0.25) is 0 Å². The Hall–Kier alpha value is -3.03. The third kappa shape index (κ3) is 3.54. The molecule has 147 valence electrons. The number of hydrogen-bond donors (Lipinski definition) is 3. The van der Waals surface area contributed by atoms with E-state index >= 15 is 0 Å². The maximum Gasteiger partial charge on any atom is 0.249 e. The summed E-state index contributed by atoms with van der Waals surface area (Å²) in [7, 11) is 0. The molecule has 1 radical (unpaired) electrons. The van der Waals surface area contributed by atoms with Crippen molar-refractivity contribution in [2.75, 3.05) is 0 Å². The highest BCUT2D eigenvalue weighted by atomic mass is 19.1. The zero-order valence-corrected chi connectivity index (χ0v) is 15.5. The van der Waals surface area contributed by atoms with Crippen LogP contribution in [0.3, 0.4) is 0 Å². The molecule has 0 aromatic heterocycles. The van der Waals surface area contributed by atoms with Gasteiger partial charge >= 0.3 is 0 Å². The smallest absolute Gasteiger partial charge is 0.249 e. The van der Waals surface area contributed by atoms with Gasteiger partial charge in [0.25, 0.3) is 0 Å². The molecule has 1 aromatic carbocycles. The molecule has 2 heterocycles. The van der Waals surface area contributed by atoms with Crippen LogP contribution in [-0.4, -0.2) is 11.8 Å². The molecular weight excluding hydrogens is 371 g/mol. The van der Waals surface area contributed by atoms with Crippen LogP contribution in [0.15, 0.2) is 53.1 Å². The average Bonchev–Trinajstić information content (AvgIpc) is 2.61. The zero-order valence-electron chi connectivity index (χ0n) is 15.5. The number of benzene rings is 1. The van der Waals surface area contributed by atoms with E-state index in [0.717, 1.165) is 12.1 Å². The largest absolute Gasteiger partial charge is 0.349 e. The summed E-state index contributed by atoms with van der Waals surface area (Å²) in [6, 6.07) is 2.65. The molecule has 0 aliphatic carbocycles. The van der Waals surface area contributed by atoms with Crippen LogP contribution in [0.4, 0.5) is 13.2 Å². The maximum atomic E-state index is 14.2. The Balaban J connectivity index is 1.84. The van der Waals surface area contributed by atoms with Crippen molar-refractivity contribution in [2.45, 2.75) is 26.8 Å². The van der Waals surface area contributed by atoms with Crippen molar-refractivity contribution in [1.29, 1.82) is 0 Å². The first kappa shape index (κ1) is 19.7. The van der Waals surface area contributed by atoms with Gasteiger partial charge in [-0.1, -0.05) is 6.07 Å². The fourth-order valence-electron chi connectivity index (χ4n) is 3.36. The van der Waals surface area contributed by atoms with E-state index in [4.69, 9.17) is 0 Å². The number of fused-ring (bicyclic) bond motifs is 1. The van der Waals surface area contributed by atoms with Gasteiger partial charge in [0.05, 0.1) is 12.0 Å². The quantitative estimate of drug-likeness (QED) is 0.692. The lowest BCUT2D eigenvalue weighted by Crippen LogP contribution is -2.43. The summed E-state index contributed by atoms with van der Waals surface area (Å²) in [5, 5.41) is 7.63. The average molecular weight is 390 g/mol. The lowest BCUT2D eigenvalue weighted by molar-refractivity contribution is -0.126. The second kappa shape index (κ2) is 7.53. The molecule has 0 saturated carbocycles. The SMILES string of the molecule is CC1=C([C@@H](C)C(=O)N[C@@H](C)c2ccc(F)cc2F)C(=O)N[C]2C=CNC(F)=C21. The first-order chi connectivity index (χ1) is 13.2. The van der Waals surface area contributed by atoms with Crippen molar-refractivity contribution in [3.63, 3.8) is 0 Å². The minimum Gasteiger partial charge on any atom is -0.349 e. The number of carbonyl (C=O) groups is 2. The third-order valence-electron chi connectivity index (χ3n) is 4.83. The summed E-state index contributed by atoms with van der Waals surface area (Å²) in [6.07, 6.45) is 2.89. The summed E-state index contributed by atoms with van der Waals surface area (Å²) in [5.41, 5.74) is 0.771. The summed E-state index contributed by atoms with van der Waals surface area (Å²) in [6.45, 7) is 4.63. The van der Waals surface area contributed by atoms with Crippen molar-refractivity contribution in [1.82, 2.24) is 16.0 Å². The number of halogens is 3. The van der Waals surface area contributed by atoms with Gasteiger partial charge in [0.1, 0.15) is 17.7 Å². The number of nitrogens with one attached hydrogen (secondary N) is 3. The van der Waals surface area contributed by atoms with E-state index in [1.165, 1.54) is 25.3 Å². The van der Waals surface area contributed by atoms with Crippen LogP contribution >= 0.6 is 0 Å². The molecule has 0 bridgehead atoms. The van der Waals surface area contributed by atoms with Crippen molar-refractivity contribution >= 4 is 11.8 Å². The van der Waals surface area contributed by atoms with Crippen LogP contribution in [0.25, 0.3) is 0 Å². The molecule has 0 unspecified atom stereocenters. The molecule has 2 atom stereocenters. The van der Waals surface area contributed by atoms with Crippen LogP contribution in [0.1, 0.15) is 32.4 Å². The van der Waals surface area contributed by atoms with E-state index < -0.39 is 41.4 Å². The van der Waals surface area contributed by atoms with Gasteiger partial charge in [-0.25, -0.2) is 8.78 Å². The molecule has 28 heavy (non-hydrogen) atoms. The summed E-state index contributed by atoms with van der Waals surface area (Å²) < 4.78 is 41.2.